The minimum Gasteiger partial charge on any atom is -0.491 e. The molecule has 1 N–H and O–H groups in total. The summed E-state index contributed by atoms with van der Waals surface area (Å²) in [5.74, 6) is 0.712. The van der Waals surface area contributed by atoms with Crippen molar-refractivity contribution >= 4 is 11.1 Å². The lowest BCUT2D eigenvalue weighted by Crippen LogP contribution is -2.05. The topological polar surface area (TPSA) is 46.5 Å². The Hall–Kier alpha value is -0.870. The summed E-state index contributed by atoms with van der Waals surface area (Å²) in [5.41, 5.74) is 0. The van der Waals surface area contributed by atoms with Crippen molar-refractivity contribution in [2.24, 2.45) is 0 Å². The summed E-state index contributed by atoms with van der Waals surface area (Å²) in [6.45, 7) is 3.86. The number of hydrogen-bond donors (Lipinski definition) is 1. The number of benzene rings is 1. The first-order valence-electron chi connectivity index (χ1n) is 3.97. The first-order chi connectivity index (χ1) is 6.09. The molecule has 0 aliphatic carbocycles. The molecule has 1 aromatic carbocycles. The predicted molar refractivity (Wildman–Crippen MR) is 51.2 cm³/mol. The lowest BCUT2D eigenvalue weighted by molar-refractivity contribution is 0.242. The van der Waals surface area contributed by atoms with Gasteiger partial charge in [0.15, 0.2) is 11.1 Å². The molecule has 0 aliphatic heterocycles. The first-order valence-corrected chi connectivity index (χ1v) is 5.08. The van der Waals surface area contributed by atoms with E-state index < -0.39 is 11.1 Å². The van der Waals surface area contributed by atoms with Gasteiger partial charge in [-0.2, -0.15) is 0 Å². The fraction of sp³-hybridized carbons (Fsp3) is 0.333. The van der Waals surface area contributed by atoms with E-state index in [4.69, 9.17) is 9.29 Å². The van der Waals surface area contributed by atoms with Crippen molar-refractivity contribution in [3.8, 4) is 5.75 Å². The van der Waals surface area contributed by atoms with E-state index in [1.54, 1.807) is 24.3 Å². The van der Waals surface area contributed by atoms with Gasteiger partial charge in [-0.05, 0) is 38.1 Å². The molecule has 72 valence electrons. The maximum atomic E-state index is 10.6. The van der Waals surface area contributed by atoms with E-state index in [0.29, 0.717) is 10.6 Å². The molecule has 0 saturated carbocycles. The summed E-state index contributed by atoms with van der Waals surface area (Å²) in [7, 11) is 0. The smallest absolute Gasteiger partial charge is 0.186 e. The van der Waals surface area contributed by atoms with E-state index in [2.05, 4.69) is 0 Å². The summed E-state index contributed by atoms with van der Waals surface area (Å²) in [4.78, 5) is 0.385. The fourth-order valence-electron chi connectivity index (χ4n) is 0.907. The highest BCUT2D eigenvalue weighted by Gasteiger charge is 2.00. The monoisotopic (exact) mass is 200 g/mol. The van der Waals surface area contributed by atoms with Crippen LogP contribution in [0.3, 0.4) is 0 Å². The van der Waals surface area contributed by atoms with E-state index >= 15 is 0 Å². The third-order valence-electron chi connectivity index (χ3n) is 1.40. The Morgan fingerprint density at radius 2 is 1.85 bits per heavy atom. The van der Waals surface area contributed by atoms with Crippen molar-refractivity contribution in [2.75, 3.05) is 0 Å². The lowest BCUT2D eigenvalue weighted by Gasteiger charge is -2.08. The van der Waals surface area contributed by atoms with Gasteiger partial charge >= 0.3 is 0 Å². The highest BCUT2D eigenvalue weighted by Crippen LogP contribution is 2.15. The van der Waals surface area contributed by atoms with Crippen LogP contribution in [-0.2, 0) is 11.1 Å². The molecule has 0 bridgehead atoms. The molecule has 0 heterocycles. The Morgan fingerprint density at radius 3 is 2.23 bits per heavy atom. The lowest BCUT2D eigenvalue weighted by atomic mass is 10.3. The first kappa shape index (κ1) is 10.2. The van der Waals surface area contributed by atoms with Gasteiger partial charge in [0.25, 0.3) is 0 Å². The maximum Gasteiger partial charge on any atom is 0.186 e. The molecule has 1 atom stereocenters. The van der Waals surface area contributed by atoms with Gasteiger partial charge < -0.3 is 9.29 Å². The van der Waals surface area contributed by atoms with Crippen molar-refractivity contribution in [3.63, 3.8) is 0 Å². The molecule has 0 aliphatic rings. The number of hydrogen-bond acceptors (Lipinski definition) is 2. The van der Waals surface area contributed by atoms with Gasteiger partial charge in [-0.25, -0.2) is 4.21 Å². The highest BCUT2D eigenvalue weighted by molar-refractivity contribution is 7.79. The van der Waals surface area contributed by atoms with E-state index in [9.17, 15) is 4.21 Å². The van der Waals surface area contributed by atoms with Crippen LogP contribution in [-0.4, -0.2) is 14.9 Å². The summed E-state index contributed by atoms with van der Waals surface area (Å²) in [6.07, 6.45) is 0.116. The largest absolute Gasteiger partial charge is 0.491 e. The minimum absolute atomic E-state index is 0.116. The summed E-state index contributed by atoms with van der Waals surface area (Å²) in [6, 6.07) is 6.52. The molecule has 0 fully saturated rings. The molecule has 0 saturated heterocycles. The molecule has 1 rings (SSSR count). The molecule has 0 amide bonds. The molecular formula is C9H12O3S. The molecule has 3 nitrogen and oxygen atoms in total. The van der Waals surface area contributed by atoms with Gasteiger partial charge in [0.2, 0.25) is 0 Å². The summed E-state index contributed by atoms with van der Waals surface area (Å²) in [5, 5.41) is 0. The molecule has 13 heavy (non-hydrogen) atoms. The van der Waals surface area contributed by atoms with Gasteiger partial charge in [-0.15, -0.1) is 0 Å². The van der Waals surface area contributed by atoms with Gasteiger partial charge in [0.1, 0.15) is 5.75 Å². The van der Waals surface area contributed by atoms with Crippen LogP contribution in [0.1, 0.15) is 13.8 Å². The Bertz CT molecular complexity index is 292. The predicted octanol–water partition coefficient (Wildman–Crippen LogP) is 2.05. The molecular weight excluding hydrogens is 188 g/mol. The van der Waals surface area contributed by atoms with Crippen LogP contribution < -0.4 is 4.74 Å². The summed E-state index contributed by atoms with van der Waals surface area (Å²) >= 11 is -1.91. The third-order valence-corrected chi connectivity index (χ3v) is 2.07. The molecule has 1 aromatic rings. The normalized spacial score (nSPS) is 12.9. The highest BCUT2D eigenvalue weighted by atomic mass is 32.2. The van der Waals surface area contributed by atoms with Crippen molar-refractivity contribution < 1.29 is 13.5 Å². The van der Waals surface area contributed by atoms with Crippen LogP contribution >= 0.6 is 0 Å². The second-order valence-corrected chi connectivity index (χ2v) is 3.86. The van der Waals surface area contributed by atoms with E-state index in [1.807, 2.05) is 13.8 Å². The molecule has 1 unspecified atom stereocenters. The molecule has 0 aromatic heterocycles. The maximum absolute atomic E-state index is 10.6. The van der Waals surface area contributed by atoms with Crippen molar-refractivity contribution in [1.29, 1.82) is 0 Å². The zero-order chi connectivity index (χ0) is 9.84. The van der Waals surface area contributed by atoms with Gasteiger partial charge in [-0.1, -0.05) is 0 Å². The zero-order valence-corrected chi connectivity index (χ0v) is 8.38. The van der Waals surface area contributed by atoms with Crippen LogP contribution in [0, 0.1) is 0 Å². The second-order valence-electron chi connectivity index (χ2n) is 2.89. The molecule has 0 spiro atoms. The Balaban J connectivity index is 2.75. The Morgan fingerprint density at radius 1 is 1.31 bits per heavy atom. The quantitative estimate of drug-likeness (QED) is 0.759. The summed E-state index contributed by atoms with van der Waals surface area (Å²) < 4.78 is 24.7. The SMILES string of the molecule is CC(C)Oc1ccc(S(=O)O)cc1. The Kier molecular flexibility index (Phi) is 3.45. The second kappa shape index (κ2) is 4.39. The van der Waals surface area contributed by atoms with Crippen LogP contribution in [0.2, 0.25) is 0 Å². The van der Waals surface area contributed by atoms with Gasteiger partial charge in [-0.3, -0.25) is 0 Å². The zero-order valence-electron chi connectivity index (χ0n) is 7.56. The van der Waals surface area contributed by atoms with E-state index in [0.717, 1.165) is 0 Å². The van der Waals surface area contributed by atoms with Crippen molar-refractivity contribution in [1.82, 2.24) is 0 Å². The van der Waals surface area contributed by atoms with E-state index in [-0.39, 0.29) is 6.10 Å². The van der Waals surface area contributed by atoms with Gasteiger partial charge in [0, 0.05) is 0 Å². The third kappa shape index (κ3) is 3.16. The van der Waals surface area contributed by atoms with E-state index in [1.165, 1.54) is 0 Å². The number of ether oxygens (including phenoxy) is 1. The standard InChI is InChI=1S/C9H12O3S/c1-7(2)12-8-3-5-9(6-4-8)13(10)11/h3-7H,1-2H3,(H,10,11). The van der Waals surface area contributed by atoms with Crippen molar-refractivity contribution in [3.05, 3.63) is 24.3 Å². The van der Waals surface area contributed by atoms with Crippen LogP contribution in [0.15, 0.2) is 29.2 Å². The fourth-order valence-corrected chi connectivity index (χ4v) is 1.28. The average Bonchev–Trinajstić information content (AvgIpc) is 2.04. The minimum atomic E-state index is -1.91. The van der Waals surface area contributed by atoms with Crippen LogP contribution in [0.5, 0.6) is 5.75 Å². The van der Waals surface area contributed by atoms with Crippen LogP contribution in [0.4, 0.5) is 0 Å². The Labute approximate surface area is 80.0 Å². The van der Waals surface area contributed by atoms with Crippen LogP contribution in [0.25, 0.3) is 0 Å². The molecule has 0 radical (unpaired) electrons. The van der Waals surface area contributed by atoms with Gasteiger partial charge in [0.05, 0.1) is 11.0 Å². The molecule has 4 heteroatoms. The average molecular weight is 200 g/mol. The van der Waals surface area contributed by atoms with Crippen molar-refractivity contribution in [2.45, 2.75) is 24.8 Å². The number of rotatable bonds is 3.